The van der Waals surface area contributed by atoms with E-state index in [4.69, 9.17) is 0 Å². The van der Waals surface area contributed by atoms with Crippen LogP contribution in [0.2, 0.25) is 12.6 Å². The van der Waals surface area contributed by atoms with Gasteiger partial charge in [-0.25, -0.2) is 0 Å². The minimum absolute atomic E-state index is 1.08. The number of rotatable bonds is 21. The van der Waals surface area contributed by atoms with Gasteiger partial charge < -0.3 is 0 Å². The zero-order chi connectivity index (χ0) is 26.7. The van der Waals surface area contributed by atoms with Crippen molar-refractivity contribution in [2.24, 2.45) is 0 Å². The lowest BCUT2D eigenvalue weighted by Gasteiger charge is -2.32. The fraction of sp³-hybridized carbons (Fsp3) is 0.568. The lowest BCUT2D eigenvalue weighted by molar-refractivity contribution is 0.531. The van der Waals surface area contributed by atoms with E-state index in [0.29, 0.717) is 0 Å². The molecule has 0 aromatic heterocycles. The van der Waals surface area contributed by atoms with Gasteiger partial charge in [0.05, 0.1) is 0 Å². The lowest BCUT2D eigenvalue weighted by Crippen LogP contribution is -2.47. The molecule has 1 heteroatoms. The minimum atomic E-state index is -1.72. The lowest BCUT2D eigenvalue weighted by atomic mass is 10.0. The Balaban J connectivity index is 1.34. The highest BCUT2D eigenvalue weighted by Gasteiger charge is 2.35. The summed E-state index contributed by atoms with van der Waals surface area (Å²) in [7, 11) is -1.72. The van der Waals surface area contributed by atoms with E-state index in [1.807, 2.05) is 0 Å². The first-order valence-electron chi connectivity index (χ1n) is 16.2. The van der Waals surface area contributed by atoms with Crippen molar-refractivity contribution in [2.45, 2.75) is 135 Å². The number of hydrogen-bond donors (Lipinski definition) is 0. The molecule has 2 aromatic rings. The van der Waals surface area contributed by atoms with Crippen LogP contribution in [0.25, 0.3) is 0 Å². The molecule has 0 bridgehead atoms. The van der Waals surface area contributed by atoms with Gasteiger partial charge in [0.1, 0.15) is 8.07 Å². The maximum atomic E-state index is 2.64. The summed E-state index contributed by atoms with van der Waals surface area (Å²) in [4.78, 5) is 0. The first kappa shape index (κ1) is 30.7. The van der Waals surface area contributed by atoms with Crippen LogP contribution in [0.4, 0.5) is 0 Å². The first-order chi connectivity index (χ1) is 18.7. The van der Waals surface area contributed by atoms with Crippen LogP contribution in [0.5, 0.6) is 0 Å². The topological polar surface area (TPSA) is 0 Å². The maximum Gasteiger partial charge on any atom is 0.115 e. The van der Waals surface area contributed by atoms with Crippen LogP contribution >= 0.6 is 0 Å². The Hall–Kier alpha value is -1.86. The highest BCUT2D eigenvalue weighted by atomic mass is 28.3. The zero-order valence-corrected chi connectivity index (χ0v) is 25.9. The molecule has 0 fully saturated rings. The van der Waals surface area contributed by atoms with E-state index in [9.17, 15) is 0 Å². The molecule has 0 saturated carbocycles. The number of benzene rings is 2. The molecule has 1 unspecified atom stereocenters. The summed E-state index contributed by atoms with van der Waals surface area (Å²) in [5.74, 6) is 0. The van der Waals surface area contributed by atoms with Gasteiger partial charge in [-0.2, -0.15) is 0 Å². The molecule has 1 aliphatic carbocycles. The largest absolute Gasteiger partial charge is 0.115 e. The Kier molecular flexibility index (Phi) is 14.9. The van der Waals surface area contributed by atoms with Gasteiger partial charge in [-0.15, -0.1) is 0 Å². The Morgan fingerprint density at radius 2 is 1.03 bits per heavy atom. The predicted octanol–water partition coefficient (Wildman–Crippen LogP) is 11.3. The van der Waals surface area contributed by atoms with E-state index in [-0.39, 0.29) is 0 Å². The van der Waals surface area contributed by atoms with E-state index in [0.717, 1.165) is 12.8 Å². The van der Waals surface area contributed by atoms with Crippen molar-refractivity contribution in [3.8, 4) is 0 Å². The molecule has 0 amide bonds. The SMILES string of the molecule is CCCCCCCCCCCCCCCCCC[Si](C)(C1=CCC=C1Cc1ccccc1)c1ccccc1. The normalized spacial score (nSPS) is 14.8. The van der Waals surface area contributed by atoms with Gasteiger partial charge in [0.2, 0.25) is 0 Å². The molecule has 2 aromatic carbocycles. The third-order valence-corrected chi connectivity index (χ3v) is 13.5. The molecule has 1 atom stereocenters. The fourth-order valence-electron chi connectivity index (χ4n) is 6.39. The van der Waals surface area contributed by atoms with Crippen LogP contribution in [0.15, 0.2) is 83.6 Å². The maximum absolute atomic E-state index is 2.64. The van der Waals surface area contributed by atoms with E-state index < -0.39 is 8.07 Å². The Labute approximate surface area is 237 Å². The van der Waals surface area contributed by atoms with Crippen molar-refractivity contribution in [2.75, 3.05) is 0 Å². The monoisotopic (exact) mass is 528 g/mol. The molecule has 0 spiro atoms. The molecular weight excluding hydrogens is 472 g/mol. The van der Waals surface area contributed by atoms with Crippen molar-refractivity contribution < 1.29 is 0 Å². The van der Waals surface area contributed by atoms with Gasteiger partial charge in [0.25, 0.3) is 0 Å². The summed E-state index contributed by atoms with van der Waals surface area (Å²) in [6, 6.07) is 24.0. The number of allylic oxidation sites excluding steroid dienone is 4. The van der Waals surface area contributed by atoms with E-state index in [2.05, 4.69) is 86.3 Å². The van der Waals surface area contributed by atoms with Crippen molar-refractivity contribution in [1.29, 1.82) is 0 Å². The summed E-state index contributed by atoms with van der Waals surface area (Å²) in [6.07, 6.45) is 30.3. The second-order valence-electron chi connectivity index (χ2n) is 12.0. The van der Waals surface area contributed by atoms with Gasteiger partial charge in [-0.05, 0) is 30.0 Å². The molecule has 0 heterocycles. The van der Waals surface area contributed by atoms with Gasteiger partial charge in [-0.3, -0.25) is 0 Å². The van der Waals surface area contributed by atoms with E-state index in [1.165, 1.54) is 114 Å². The number of unbranched alkanes of at least 4 members (excludes halogenated alkanes) is 15. The van der Waals surface area contributed by atoms with Gasteiger partial charge >= 0.3 is 0 Å². The van der Waals surface area contributed by atoms with Crippen molar-refractivity contribution in [1.82, 2.24) is 0 Å². The molecule has 0 aliphatic heterocycles. The van der Waals surface area contributed by atoms with Crippen molar-refractivity contribution in [3.63, 3.8) is 0 Å². The standard InChI is InChI=1S/C37H56Si/c1-3-4-5-6-7-8-9-10-11-12-13-14-15-16-17-24-32-38(2,36-29-22-19-23-30-36)37-31-25-28-35(37)33-34-26-20-18-21-27-34/h18-23,26-31H,3-17,24-25,32-33H2,1-2H3. The van der Waals surface area contributed by atoms with Gasteiger partial charge in [0.15, 0.2) is 0 Å². The van der Waals surface area contributed by atoms with Crippen LogP contribution in [-0.2, 0) is 6.42 Å². The average Bonchev–Trinajstić information content (AvgIpc) is 3.42. The minimum Gasteiger partial charge on any atom is -0.0808 e. The molecule has 0 N–H and O–H groups in total. The Bertz CT molecular complexity index is 926. The Morgan fingerprint density at radius 3 is 1.55 bits per heavy atom. The summed E-state index contributed by atoms with van der Waals surface area (Å²) < 4.78 is 0. The van der Waals surface area contributed by atoms with Crippen LogP contribution in [0, 0.1) is 0 Å². The predicted molar refractivity (Wildman–Crippen MR) is 173 cm³/mol. The molecule has 3 rings (SSSR count). The molecular formula is C37H56Si. The van der Waals surface area contributed by atoms with E-state index >= 15 is 0 Å². The summed E-state index contributed by atoms with van der Waals surface area (Å²) in [5, 5.41) is 3.33. The van der Waals surface area contributed by atoms with Gasteiger partial charge in [0, 0.05) is 0 Å². The van der Waals surface area contributed by atoms with Crippen LogP contribution in [0.1, 0.15) is 122 Å². The molecule has 38 heavy (non-hydrogen) atoms. The molecule has 0 radical (unpaired) electrons. The summed E-state index contributed by atoms with van der Waals surface area (Å²) in [5.41, 5.74) is 3.05. The zero-order valence-electron chi connectivity index (χ0n) is 24.9. The highest BCUT2D eigenvalue weighted by Crippen LogP contribution is 2.34. The van der Waals surface area contributed by atoms with Crippen LogP contribution in [0.3, 0.4) is 0 Å². The summed E-state index contributed by atoms with van der Waals surface area (Å²) >= 11 is 0. The average molecular weight is 529 g/mol. The highest BCUT2D eigenvalue weighted by molar-refractivity contribution is 6.97. The Morgan fingerprint density at radius 1 is 0.553 bits per heavy atom. The second kappa shape index (κ2) is 18.4. The van der Waals surface area contributed by atoms with E-state index in [1.54, 1.807) is 16.0 Å². The molecule has 208 valence electrons. The third kappa shape index (κ3) is 10.7. The van der Waals surface area contributed by atoms with Crippen molar-refractivity contribution >= 4 is 13.3 Å². The molecule has 1 aliphatic rings. The van der Waals surface area contributed by atoms with Crippen LogP contribution in [-0.4, -0.2) is 8.07 Å². The summed E-state index contributed by atoms with van der Waals surface area (Å²) in [6.45, 7) is 4.95. The van der Waals surface area contributed by atoms with Crippen molar-refractivity contribution in [3.05, 3.63) is 89.1 Å². The third-order valence-electron chi connectivity index (χ3n) is 8.81. The number of hydrogen-bond acceptors (Lipinski definition) is 0. The quantitative estimate of drug-likeness (QED) is 0.112. The smallest absolute Gasteiger partial charge is 0.0808 e. The fourth-order valence-corrected chi connectivity index (χ4v) is 10.6. The van der Waals surface area contributed by atoms with Gasteiger partial charge in [-0.1, -0.05) is 199 Å². The second-order valence-corrected chi connectivity index (χ2v) is 16.3. The molecule has 0 saturated heterocycles. The molecule has 0 nitrogen and oxygen atoms in total. The van der Waals surface area contributed by atoms with Crippen LogP contribution < -0.4 is 5.19 Å². The first-order valence-corrected chi connectivity index (χ1v) is 18.9.